The summed E-state index contributed by atoms with van der Waals surface area (Å²) in [4.78, 5) is 14.1. The number of hydrogen-bond acceptors (Lipinski definition) is 5. The lowest BCUT2D eigenvalue weighted by Crippen LogP contribution is -2.07. The summed E-state index contributed by atoms with van der Waals surface area (Å²) >= 11 is 0. The third-order valence-electron chi connectivity index (χ3n) is 6.96. The van der Waals surface area contributed by atoms with Crippen LogP contribution in [0.3, 0.4) is 0 Å². The summed E-state index contributed by atoms with van der Waals surface area (Å²) in [7, 11) is 0. The number of benzene rings is 4. The molecule has 166 valence electrons. The van der Waals surface area contributed by atoms with Crippen LogP contribution in [-0.2, 0) is 12.8 Å². The predicted octanol–water partition coefficient (Wildman–Crippen LogP) is 7.14. The van der Waals surface area contributed by atoms with Gasteiger partial charge >= 0.3 is 0 Å². The van der Waals surface area contributed by atoms with Crippen molar-refractivity contribution < 1.29 is 8.83 Å². The van der Waals surface area contributed by atoms with Gasteiger partial charge in [0, 0.05) is 34.4 Å². The molecule has 1 aliphatic rings. The number of furan rings is 2. The molecule has 10 bridgehead atoms. The molecule has 0 saturated heterocycles. The summed E-state index contributed by atoms with van der Waals surface area (Å²) in [5, 5.41) is 4.42. The molecule has 5 nitrogen and oxygen atoms in total. The molecule has 4 aromatic carbocycles. The zero-order chi connectivity index (χ0) is 23.1. The van der Waals surface area contributed by atoms with Crippen molar-refractivity contribution in [3.8, 4) is 11.1 Å². The fraction of sp³-hybridized carbons (Fsp3) is 0.100. The Morgan fingerprint density at radius 3 is 1.43 bits per heavy atom. The van der Waals surface area contributed by atoms with Gasteiger partial charge in [-0.25, -0.2) is 15.0 Å². The molecule has 0 unspecified atom stereocenters. The molecule has 0 amide bonds. The standard InChI is InChI=1S/C30H19N3O2/c1-16-31-29-12-17-2-6-25-21(10-17)23-14-19(4-8-27(23)34-25)20-5-9-28-24(15-20)22-11-18(3-7-26(22)35-28)13-30(32-16)33-29/h2-11,14-15H,12-13H2,1H3. The Morgan fingerprint density at radius 2 is 0.943 bits per heavy atom. The predicted molar refractivity (Wildman–Crippen MR) is 137 cm³/mol. The minimum Gasteiger partial charge on any atom is -0.456 e. The van der Waals surface area contributed by atoms with Crippen LogP contribution in [-0.4, -0.2) is 15.0 Å². The van der Waals surface area contributed by atoms with Crippen LogP contribution in [0.1, 0.15) is 28.6 Å². The van der Waals surface area contributed by atoms with E-state index in [4.69, 9.17) is 13.8 Å². The minimum absolute atomic E-state index is 0.640. The highest BCUT2D eigenvalue weighted by molar-refractivity contribution is 6.08. The summed E-state index contributed by atoms with van der Waals surface area (Å²) in [6.07, 6.45) is 1.28. The Hall–Kier alpha value is -4.51. The van der Waals surface area contributed by atoms with E-state index >= 15 is 0 Å². The van der Waals surface area contributed by atoms with Crippen LogP contribution < -0.4 is 0 Å². The van der Waals surface area contributed by atoms with Gasteiger partial charge in [-0.3, -0.25) is 0 Å². The fourth-order valence-corrected chi connectivity index (χ4v) is 5.35. The second kappa shape index (κ2) is 6.76. The van der Waals surface area contributed by atoms with Crippen molar-refractivity contribution in [2.75, 3.05) is 0 Å². The van der Waals surface area contributed by atoms with Gasteiger partial charge in [0.2, 0.25) is 0 Å². The van der Waals surface area contributed by atoms with Crippen LogP contribution in [0.5, 0.6) is 0 Å². The van der Waals surface area contributed by atoms with Gasteiger partial charge in [-0.15, -0.1) is 0 Å². The van der Waals surface area contributed by atoms with E-state index < -0.39 is 0 Å². The van der Waals surface area contributed by atoms with Crippen LogP contribution in [0.25, 0.3) is 55.0 Å². The van der Waals surface area contributed by atoms with Crippen molar-refractivity contribution in [2.24, 2.45) is 0 Å². The van der Waals surface area contributed by atoms with E-state index in [1.807, 2.05) is 19.1 Å². The Labute approximate surface area is 200 Å². The van der Waals surface area contributed by atoms with Crippen LogP contribution in [0.15, 0.2) is 81.6 Å². The zero-order valence-electron chi connectivity index (χ0n) is 19.0. The first-order chi connectivity index (χ1) is 17.2. The molecule has 5 heteroatoms. The third-order valence-corrected chi connectivity index (χ3v) is 6.96. The maximum absolute atomic E-state index is 6.15. The Bertz CT molecular complexity index is 1840. The zero-order valence-corrected chi connectivity index (χ0v) is 19.0. The van der Waals surface area contributed by atoms with E-state index in [2.05, 4.69) is 70.6 Å². The van der Waals surface area contributed by atoms with Gasteiger partial charge in [-0.2, -0.15) is 0 Å². The lowest BCUT2D eigenvalue weighted by Gasteiger charge is -2.06. The quantitative estimate of drug-likeness (QED) is 0.244. The molecule has 8 rings (SSSR count). The second-order valence-corrected chi connectivity index (χ2v) is 9.36. The van der Waals surface area contributed by atoms with Crippen molar-refractivity contribution in [1.82, 2.24) is 15.0 Å². The molecule has 7 aromatic rings. The van der Waals surface area contributed by atoms with Gasteiger partial charge in [-0.1, -0.05) is 24.3 Å². The summed E-state index contributed by atoms with van der Waals surface area (Å²) in [5.74, 6) is 2.30. The Kier molecular flexibility index (Phi) is 3.65. The number of nitrogens with zero attached hydrogens (tertiary/aromatic N) is 3. The van der Waals surface area contributed by atoms with E-state index in [1.165, 1.54) is 0 Å². The smallest absolute Gasteiger partial charge is 0.136 e. The average molecular weight is 454 g/mol. The first kappa shape index (κ1) is 18.9. The molecule has 35 heavy (non-hydrogen) atoms. The Morgan fingerprint density at radius 1 is 0.514 bits per heavy atom. The molecule has 4 heterocycles. The van der Waals surface area contributed by atoms with Crippen LogP contribution in [0, 0.1) is 6.92 Å². The number of hydrogen-bond donors (Lipinski definition) is 0. The van der Waals surface area contributed by atoms with Gasteiger partial charge in [0.25, 0.3) is 0 Å². The number of rotatable bonds is 0. The molecule has 0 spiro atoms. The van der Waals surface area contributed by atoms with E-state index in [9.17, 15) is 0 Å². The highest BCUT2D eigenvalue weighted by Gasteiger charge is 2.15. The highest BCUT2D eigenvalue weighted by Crippen LogP contribution is 2.36. The van der Waals surface area contributed by atoms with E-state index in [-0.39, 0.29) is 0 Å². The molecule has 0 fully saturated rings. The maximum Gasteiger partial charge on any atom is 0.136 e. The lowest BCUT2D eigenvalue weighted by molar-refractivity contribution is 0.668. The number of fused-ring (bicyclic) bond motifs is 7. The molecule has 0 N–H and O–H groups in total. The summed E-state index contributed by atoms with van der Waals surface area (Å²) in [6, 6.07) is 25.5. The van der Waals surface area contributed by atoms with Crippen LogP contribution in [0.2, 0.25) is 0 Å². The molecule has 0 atom stereocenters. The van der Waals surface area contributed by atoms with Crippen molar-refractivity contribution in [3.63, 3.8) is 0 Å². The van der Waals surface area contributed by atoms with Gasteiger partial charge in [0.1, 0.15) is 39.8 Å². The molecule has 0 radical (unpaired) electrons. The van der Waals surface area contributed by atoms with E-state index in [0.717, 1.165) is 83.6 Å². The second-order valence-electron chi connectivity index (χ2n) is 9.36. The molecule has 0 aliphatic carbocycles. The first-order valence-electron chi connectivity index (χ1n) is 11.8. The Balaban J connectivity index is 1.46. The summed E-state index contributed by atoms with van der Waals surface area (Å²) < 4.78 is 12.3. The molecular weight excluding hydrogens is 434 g/mol. The van der Waals surface area contributed by atoms with Gasteiger partial charge in [-0.05, 0) is 77.7 Å². The van der Waals surface area contributed by atoms with Gasteiger partial charge in [0.05, 0.1) is 0 Å². The fourth-order valence-electron chi connectivity index (χ4n) is 5.35. The number of aryl methyl sites for hydroxylation is 1. The average Bonchev–Trinajstić information content (AvgIpc) is 3.40. The van der Waals surface area contributed by atoms with Crippen molar-refractivity contribution in [3.05, 3.63) is 101 Å². The van der Waals surface area contributed by atoms with E-state index in [0.29, 0.717) is 12.8 Å². The van der Waals surface area contributed by atoms with E-state index in [1.54, 1.807) is 0 Å². The summed E-state index contributed by atoms with van der Waals surface area (Å²) in [6.45, 7) is 1.93. The monoisotopic (exact) mass is 453 g/mol. The topological polar surface area (TPSA) is 65.0 Å². The highest BCUT2D eigenvalue weighted by atomic mass is 16.3. The molecule has 1 aliphatic heterocycles. The summed E-state index contributed by atoms with van der Waals surface area (Å²) in [5.41, 5.74) is 8.14. The SMILES string of the molecule is Cc1nc2nc(n1)Cc1ccc3oc4ccc(cc4c3c1)-c1ccc3oc4ccc(cc4c3c1)C2. The van der Waals surface area contributed by atoms with Crippen LogP contribution >= 0.6 is 0 Å². The number of aromatic nitrogens is 3. The van der Waals surface area contributed by atoms with Crippen molar-refractivity contribution in [2.45, 2.75) is 19.8 Å². The minimum atomic E-state index is 0.640. The molecular formula is C30H19N3O2. The molecule has 3 aromatic heterocycles. The first-order valence-corrected chi connectivity index (χ1v) is 11.8. The third kappa shape index (κ3) is 2.91. The van der Waals surface area contributed by atoms with Gasteiger partial charge in [0.15, 0.2) is 0 Å². The lowest BCUT2D eigenvalue weighted by atomic mass is 9.99. The normalized spacial score (nSPS) is 13.1. The van der Waals surface area contributed by atoms with Crippen molar-refractivity contribution >= 4 is 43.9 Å². The van der Waals surface area contributed by atoms with Gasteiger partial charge < -0.3 is 8.83 Å². The maximum atomic E-state index is 6.15. The van der Waals surface area contributed by atoms with Crippen LogP contribution in [0.4, 0.5) is 0 Å². The van der Waals surface area contributed by atoms with Crippen molar-refractivity contribution in [1.29, 1.82) is 0 Å². The molecule has 0 saturated carbocycles. The largest absolute Gasteiger partial charge is 0.456 e.